The van der Waals surface area contributed by atoms with Gasteiger partial charge in [-0.05, 0) is 23.3 Å². The first-order valence-corrected chi connectivity index (χ1v) is 4.20. The second kappa shape index (κ2) is 5.15. The summed E-state index contributed by atoms with van der Waals surface area (Å²) in [6.45, 7) is -0.132. The van der Waals surface area contributed by atoms with Gasteiger partial charge in [0.15, 0.2) is 0 Å². The lowest BCUT2D eigenvalue weighted by molar-refractivity contribution is 0.281. The van der Waals surface area contributed by atoms with Gasteiger partial charge in [-0.15, -0.1) is 0 Å². The lowest BCUT2D eigenvalue weighted by Gasteiger charge is -2.01. The molecule has 14 heavy (non-hydrogen) atoms. The van der Waals surface area contributed by atoms with Crippen LogP contribution >= 0.6 is 0 Å². The monoisotopic (exact) mass is 191 g/mol. The molecule has 1 aromatic rings. The number of hydrogen-bond acceptors (Lipinski definition) is 2. The average molecular weight is 191 g/mol. The number of allylic oxidation sites excluding steroid dienone is 1. The predicted octanol–water partition coefficient (Wildman–Crippen LogP) is 2.24. The van der Waals surface area contributed by atoms with E-state index in [1.54, 1.807) is 12.2 Å². The van der Waals surface area contributed by atoms with Gasteiger partial charge in [-0.2, -0.15) is 5.26 Å². The zero-order valence-electron chi connectivity index (χ0n) is 7.57. The molecule has 1 N–H and O–H groups in total. The van der Waals surface area contributed by atoms with Crippen molar-refractivity contribution in [2.45, 2.75) is 13.0 Å². The van der Waals surface area contributed by atoms with Crippen LogP contribution in [-0.2, 0) is 6.61 Å². The molecule has 0 aliphatic rings. The van der Waals surface area contributed by atoms with E-state index in [0.717, 1.165) is 0 Å². The lowest BCUT2D eigenvalue weighted by atomic mass is 10.1. The van der Waals surface area contributed by atoms with Crippen molar-refractivity contribution in [1.82, 2.24) is 0 Å². The van der Waals surface area contributed by atoms with Gasteiger partial charge in [0.2, 0.25) is 0 Å². The fourth-order valence-electron chi connectivity index (χ4n) is 1.10. The number of nitriles is 1. The van der Waals surface area contributed by atoms with Crippen molar-refractivity contribution in [3.05, 3.63) is 41.2 Å². The molecule has 0 aromatic heterocycles. The molecule has 1 rings (SSSR count). The summed E-state index contributed by atoms with van der Waals surface area (Å²) < 4.78 is 12.8. The van der Waals surface area contributed by atoms with Crippen LogP contribution in [0.5, 0.6) is 0 Å². The minimum atomic E-state index is -0.348. The first-order valence-electron chi connectivity index (χ1n) is 4.20. The normalized spacial score (nSPS) is 10.4. The Balaban J connectivity index is 2.94. The Kier molecular flexibility index (Phi) is 3.84. The van der Waals surface area contributed by atoms with Crippen LogP contribution in [0.1, 0.15) is 17.5 Å². The molecule has 0 unspecified atom stereocenters. The molecule has 72 valence electrons. The van der Waals surface area contributed by atoms with Crippen LogP contribution in [0.2, 0.25) is 0 Å². The molecule has 0 fully saturated rings. The zero-order valence-corrected chi connectivity index (χ0v) is 7.57. The van der Waals surface area contributed by atoms with Crippen LogP contribution in [0.25, 0.3) is 6.08 Å². The molecule has 0 saturated heterocycles. The third kappa shape index (κ3) is 2.68. The number of aliphatic hydroxyl groups is 1. The van der Waals surface area contributed by atoms with Crippen LogP contribution in [0, 0.1) is 17.1 Å². The van der Waals surface area contributed by atoms with Crippen molar-refractivity contribution >= 4 is 6.08 Å². The third-order valence-electron chi connectivity index (χ3n) is 1.78. The molecule has 0 spiro atoms. The quantitative estimate of drug-likeness (QED) is 0.796. The number of aliphatic hydroxyl groups excluding tert-OH is 1. The van der Waals surface area contributed by atoms with E-state index in [1.807, 2.05) is 6.07 Å². The first-order chi connectivity index (χ1) is 6.77. The molecule has 2 nitrogen and oxygen atoms in total. The summed E-state index contributed by atoms with van der Waals surface area (Å²) in [7, 11) is 0. The Hall–Kier alpha value is -1.66. The fraction of sp³-hybridized carbons (Fsp3) is 0.182. The summed E-state index contributed by atoms with van der Waals surface area (Å²) in [5, 5.41) is 17.2. The van der Waals surface area contributed by atoms with Crippen molar-refractivity contribution in [2.75, 3.05) is 0 Å². The highest BCUT2D eigenvalue weighted by Gasteiger charge is 1.99. The summed E-state index contributed by atoms with van der Waals surface area (Å²) in [6, 6.07) is 6.11. The van der Waals surface area contributed by atoms with Crippen LogP contribution in [0.4, 0.5) is 4.39 Å². The fourth-order valence-corrected chi connectivity index (χ4v) is 1.10. The largest absolute Gasteiger partial charge is 0.392 e. The summed E-state index contributed by atoms with van der Waals surface area (Å²) in [6.07, 6.45) is 3.55. The van der Waals surface area contributed by atoms with E-state index in [0.29, 0.717) is 11.1 Å². The Morgan fingerprint density at radius 2 is 2.29 bits per heavy atom. The lowest BCUT2D eigenvalue weighted by Crippen LogP contribution is -1.89. The first kappa shape index (κ1) is 10.4. The van der Waals surface area contributed by atoms with Crippen LogP contribution in [-0.4, -0.2) is 5.11 Å². The van der Waals surface area contributed by atoms with Crippen LogP contribution < -0.4 is 0 Å². The van der Waals surface area contributed by atoms with Crippen molar-refractivity contribution in [1.29, 1.82) is 5.26 Å². The SMILES string of the molecule is N#CCC=Cc1cc(F)ccc1CO. The Morgan fingerprint density at radius 3 is 2.93 bits per heavy atom. The van der Waals surface area contributed by atoms with Crippen molar-refractivity contribution < 1.29 is 9.50 Å². The van der Waals surface area contributed by atoms with Crippen LogP contribution in [0.3, 0.4) is 0 Å². The van der Waals surface area contributed by atoms with Crippen molar-refractivity contribution in [3.8, 4) is 6.07 Å². The minimum Gasteiger partial charge on any atom is -0.392 e. The molecule has 0 amide bonds. The molecule has 0 atom stereocenters. The van der Waals surface area contributed by atoms with Gasteiger partial charge in [0.05, 0.1) is 19.1 Å². The van der Waals surface area contributed by atoms with E-state index in [2.05, 4.69) is 0 Å². The summed E-state index contributed by atoms with van der Waals surface area (Å²) >= 11 is 0. The van der Waals surface area contributed by atoms with Gasteiger partial charge >= 0.3 is 0 Å². The van der Waals surface area contributed by atoms with Crippen molar-refractivity contribution in [3.63, 3.8) is 0 Å². The van der Waals surface area contributed by atoms with Gasteiger partial charge in [0.1, 0.15) is 5.82 Å². The van der Waals surface area contributed by atoms with E-state index in [1.165, 1.54) is 18.2 Å². The van der Waals surface area contributed by atoms with E-state index in [4.69, 9.17) is 10.4 Å². The maximum Gasteiger partial charge on any atom is 0.123 e. The number of halogens is 1. The van der Waals surface area contributed by atoms with Gasteiger partial charge in [-0.25, -0.2) is 4.39 Å². The standard InChI is InChI=1S/C11H10FNO/c12-11-5-4-10(8-14)9(7-11)3-1-2-6-13/h1,3-5,7,14H,2,8H2. The zero-order chi connectivity index (χ0) is 10.4. The molecule has 1 aromatic carbocycles. The third-order valence-corrected chi connectivity index (χ3v) is 1.78. The molecule has 0 aliphatic heterocycles. The summed E-state index contributed by atoms with van der Waals surface area (Å²) in [4.78, 5) is 0. The highest BCUT2D eigenvalue weighted by Crippen LogP contribution is 2.13. The number of rotatable bonds is 3. The highest BCUT2D eigenvalue weighted by atomic mass is 19.1. The Labute approximate surface area is 81.9 Å². The molecular weight excluding hydrogens is 181 g/mol. The predicted molar refractivity (Wildman–Crippen MR) is 51.6 cm³/mol. The van der Waals surface area contributed by atoms with Gasteiger partial charge in [0, 0.05) is 0 Å². The molecule has 0 aliphatic carbocycles. The van der Waals surface area contributed by atoms with Gasteiger partial charge in [-0.1, -0.05) is 18.2 Å². The van der Waals surface area contributed by atoms with Gasteiger partial charge in [-0.3, -0.25) is 0 Å². The molecule has 0 saturated carbocycles. The summed E-state index contributed by atoms with van der Waals surface area (Å²) in [5.41, 5.74) is 1.27. The second-order valence-electron chi connectivity index (χ2n) is 2.77. The maximum absolute atomic E-state index is 12.8. The molecular formula is C11H10FNO. The topological polar surface area (TPSA) is 44.0 Å². The summed E-state index contributed by atoms with van der Waals surface area (Å²) in [5.74, 6) is -0.348. The molecule has 0 heterocycles. The van der Waals surface area contributed by atoms with Gasteiger partial charge < -0.3 is 5.11 Å². The van der Waals surface area contributed by atoms with E-state index in [9.17, 15) is 4.39 Å². The molecule has 0 radical (unpaired) electrons. The Bertz CT molecular complexity index is 379. The van der Waals surface area contributed by atoms with E-state index < -0.39 is 0 Å². The smallest absolute Gasteiger partial charge is 0.123 e. The number of nitrogens with zero attached hydrogens (tertiary/aromatic N) is 1. The van der Waals surface area contributed by atoms with Gasteiger partial charge in [0.25, 0.3) is 0 Å². The average Bonchev–Trinajstić information content (AvgIpc) is 2.19. The number of benzene rings is 1. The van der Waals surface area contributed by atoms with Crippen molar-refractivity contribution in [2.24, 2.45) is 0 Å². The number of hydrogen-bond donors (Lipinski definition) is 1. The van der Waals surface area contributed by atoms with E-state index >= 15 is 0 Å². The highest BCUT2D eigenvalue weighted by molar-refractivity contribution is 5.53. The Morgan fingerprint density at radius 1 is 1.50 bits per heavy atom. The molecule has 0 bridgehead atoms. The second-order valence-corrected chi connectivity index (χ2v) is 2.77. The maximum atomic E-state index is 12.8. The minimum absolute atomic E-state index is 0.132. The molecule has 3 heteroatoms. The van der Waals surface area contributed by atoms with E-state index in [-0.39, 0.29) is 18.8 Å². The van der Waals surface area contributed by atoms with Crippen LogP contribution in [0.15, 0.2) is 24.3 Å².